The second-order valence-corrected chi connectivity index (χ2v) is 5.50. The highest BCUT2D eigenvalue weighted by Crippen LogP contribution is 2.19. The molecule has 0 aromatic heterocycles. The van der Waals surface area contributed by atoms with Gasteiger partial charge in [0.2, 0.25) is 0 Å². The number of Topliss-reactive ketones (excluding diaryl/α,β-unsaturated/α-hetero) is 1. The van der Waals surface area contributed by atoms with Gasteiger partial charge in [0, 0.05) is 5.41 Å². The van der Waals surface area contributed by atoms with Crippen LogP contribution >= 0.6 is 0 Å². The SMILES string of the molecule is CC(C)(C[SH](=O)=O)C(=O)C(=[N+]=[N-])c1ccccc1. The molecular formula is C12H14N2O3S. The van der Waals surface area contributed by atoms with Crippen LogP contribution in [-0.4, -0.2) is 30.5 Å². The van der Waals surface area contributed by atoms with Gasteiger partial charge >= 0.3 is 5.71 Å². The monoisotopic (exact) mass is 266 g/mol. The van der Waals surface area contributed by atoms with Gasteiger partial charge in [0.1, 0.15) is 10.7 Å². The van der Waals surface area contributed by atoms with Crippen molar-refractivity contribution in [2.45, 2.75) is 13.8 Å². The summed E-state index contributed by atoms with van der Waals surface area (Å²) in [6.45, 7) is 3.02. The van der Waals surface area contributed by atoms with E-state index >= 15 is 0 Å². The molecule has 0 N–H and O–H groups in total. The van der Waals surface area contributed by atoms with Gasteiger partial charge in [-0.2, -0.15) is 4.79 Å². The lowest BCUT2D eigenvalue weighted by Gasteiger charge is -2.16. The summed E-state index contributed by atoms with van der Waals surface area (Å²) in [4.78, 5) is 15.2. The van der Waals surface area contributed by atoms with Gasteiger partial charge in [0.25, 0.3) is 5.78 Å². The van der Waals surface area contributed by atoms with E-state index in [1.807, 2.05) is 0 Å². The molecule has 1 aromatic carbocycles. The summed E-state index contributed by atoms with van der Waals surface area (Å²) >= 11 is 0. The van der Waals surface area contributed by atoms with E-state index in [0.29, 0.717) is 5.56 Å². The zero-order valence-electron chi connectivity index (χ0n) is 10.2. The lowest BCUT2D eigenvalue weighted by Crippen LogP contribution is -2.36. The van der Waals surface area contributed by atoms with Crippen LogP contribution in [0, 0.1) is 5.41 Å². The van der Waals surface area contributed by atoms with Crippen LogP contribution in [0.3, 0.4) is 0 Å². The first-order valence-corrected chi connectivity index (χ1v) is 6.69. The second-order valence-electron chi connectivity index (χ2n) is 4.52. The summed E-state index contributed by atoms with van der Waals surface area (Å²) in [5, 5.41) is 0. The molecule has 0 saturated carbocycles. The van der Waals surface area contributed by atoms with Gasteiger partial charge in [-0.05, 0) is 12.1 Å². The van der Waals surface area contributed by atoms with Gasteiger partial charge < -0.3 is 5.53 Å². The third kappa shape index (κ3) is 3.35. The Labute approximate surface area is 107 Å². The normalized spacial score (nSPS) is 11.1. The lowest BCUT2D eigenvalue weighted by atomic mass is 9.85. The van der Waals surface area contributed by atoms with E-state index < -0.39 is 21.9 Å². The summed E-state index contributed by atoms with van der Waals surface area (Å²) in [5.41, 5.74) is 8.18. The Kier molecular flexibility index (Phi) is 4.53. The molecule has 18 heavy (non-hydrogen) atoms. The first-order valence-electron chi connectivity index (χ1n) is 5.32. The predicted octanol–water partition coefficient (Wildman–Crippen LogP) is 0.912. The number of ketones is 1. The van der Waals surface area contributed by atoms with Crippen LogP contribution in [0.2, 0.25) is 0 Å². The summed E-state index contributed by atoms with van der Waals surface area (Å²) < 4.78 is 21.5. The Balaban J connectivity index is 3.13. The molecule has 1 aromatic rings. The smallest absolute Gasteiger partial charge is 0.361 e. The number of hydrogen-bond donors (Lipinski definition) is 1. The number of carbonyl (C=O) groups is 1. The van der Waals surface area contributed by atoms with Crippen molar-refractivity contribution in [3.8, 4) is 0 Å². The van der Waals surface area contributed by atoms with Gasteiger partial charge in [0.15, 0.2) is 0 Å². The van der Waals surface area contributed by atoms with E-state index in [4.69, 9.17) is 5.53 Å². The fourth-order valence-corrected chi connectivity index (χ4v) is 2.33. The van der Waals surface area contributed by atoms with Crippen LogP contribution in [0.5, 0.6) is 0 Å². The summed E-state index contributed by atoms with van der Waals surface area (Å²) in [6, 6.07) is 8.42. The minimum atomic E-state index is -2.68. The summed E-state index contributed by atoms with van der Waals surface area (Å²) in [5.74, 6) is -0.789. The maximum Gasteiger partial charge on any atom is 0.365 e. The molecule has 0 aliphatic carbocycles. The standard InChI is InChI=1S/C12H14N2O3S/c1-12(2,8-18(16)17)11(15)10(14-13)9-6-4-3-5-7-9/h3-7,18H,8H2,1-2H3. The van der Waals surface area contributed by atoms with Crippen LogP contribution in [-0.2, 0) is 15.5 Å². The third-order valence-electron chi connectivity index (χ3n) is 2.50. The molecule has 0 heterocycles. The molecule has 0 bridgehead atoms. The topological polar surface area (TPSA) is 87.6 Å². The molecule has 0 aliphatic rings. The Morgan fingerprint density at radius 2 is 1.83 bits per heavy atom. The Morgan fingerprint density at radius 1 is 1.28 bits per heavy atom. The van der Waals surface area contributed by atoms with Crippen molar-refractivity contribution < 1.29 is 18.0 Å². The van der Waals surface area contributed by atoms with E-state index in [2.05, 4.69) is 4.79 Å². The molecule has 0 saturated heterocycles. The molecule has 0 fully saturated rings. The molecule has 0 spiro atoms. The van der Waals surface area contributed by atoms with E-state index in [-0.39, 0.29) is 11.5 Å². The maximum atomic E-state index is 12.2. The molecule has 0 amide bonds. The van der Waals surface area contributed by atoms with Crippen molar-refractivity contribution in [2.24, 2.45) is 5.41 Å². The van der Waals surface area contributed by atoms with Crippen molar-refractivity contribution in [1.82, 2.24) is 0 Å². The van der Waals surface area contributed by atoms with E-state index in [1.165, 1.54) is 13.8 Å². The minimum absolute atomic E-state index is 0.127. The van der Waals surface area contributed by atoms with Gasteiger partial charge in [-0.3, -0.25) is 4.79 Å². The largest absolute Gasteiger partial charge is 0.365 e. The summed E-state index contributed by atoms with van der Waals surface area (Å²) in [7, 11) is -2.68. The van der Waals surface area contributed by atoms with E-state index in [1.54, 1.807) is 30.3 Å². The van der Waals surface area contributed by atoms with Crippen LogP contribution < -0.4 is 0 Å². The number of hydrogen-bond acceptors (Lipinski definition) is 3. The van der Waals surface area contributed by atoms with Crippen molar-refractivity contribution in [3.63, 3.8) is 0 Å². The zero-order valence-corrected chi connectivity index (χ0v) is 11.1. The van der Waals surface area contributed by atoms with E-state index in [9.17, 15) is 13.2 Å². The van der Waals surface area contributed by atoms with Crippen LogP contribution in [0.1, 0.15) is 19.4 Å². The average Bonchev–Trinajstić information content (AvgIpc) is 2.29. The van der Waals surface area contributed by atoms with Crippen molar-refractivity contribution in [1.29, 1.82) is 0 Å². The fraction of sp³-hybridized carbons (Fsp3) is 0.333. The van der Waals surface area contributed by atoms with Crippen molar-refractivity contribution in [3.05, 3.63) is 41.4 Å². The summed E-state index contributed by atoms with van der Waals surface area (Å²) in [6.07, 6.45) is 0. The number of rotatable bonds is 5. The quantitative estimate of drug-likeness (QED) is 0.372. The lowest BCUT2D eigenvalue weighted by molar-refractivity contribution is -0.123. The molecule has 1 rings (SSSR count). The van der Waals surface area contributed by atoms with Gasteiger partial charge in [-0.25, -0.2) is 8.42 Å². The highest BCUT2D eigenvalue weighted by Gasteiger charge is 2.37. The highest BCUT2D eigenvalue weighted by atomic mass is 32.2. The van der Waals surface area contributed by atoms with Crippen molar-refractivity contribution >= 4 is 22.2 Å². The molecule has 6 heteroatoms. The van der Waals surface area contributed by atoms with Crippen molar-refractivity contribution in [2.75, 3.05) is 5.75 Å². The minimum Gasteiger partial charge on any atom is -0.361 e. The average molecular weight is 266 g/mol. The molecule has 0 radical (unpaired) electrons. The number of carbonyl (C=O) groups excluding carboxylic acids is 1. The van der Waals surface area contributed by atoms with Crippen LogP contribution in [0.25, 0.3) is 5.53 Å². The third-order valence-corrected chi connectivity index (χ3v) is 3.55. The van der Waals surface area contributed by atoms with Crippen LogP contribution in [0.15, 0.2) is 30.3 Å². The molecule has 96 valence electrons. The highest BCUT2D eigenvalue weighted by molar-refractivity contribution is 7.72. The molecule has 0 atom stereocenters. The molecule has 5 nitrogen and oxygen atoms in total. The maximum absolute atomic E-state index is 12.2. The zero-order chi connectivity index (χ0) is 13.8. The number of thiol groups is 1. The Morgan fingerprint density at radius 3 is 2.28 bits per heavy atom. The molecular weight excluding hydrogens is 252 g/mol. The van der Waals surface area contributed by atoms with E-state index in [0.717, 1.165) is 0 Å². The second kappa shape index (κ2) is 5.71. The first kappa shape index (κ1) is 14.3. The number of nitrogens with zero attached hydrogens (tertiary/aromatic N) is 2. The molecule has 0 aliphatic heterocycles. The van der Waals surface area contributed by atoms with Crippen LogP contribution in [0.4, 0.5) is 0 Å². The Bertz CT molecular complexity index is 562. The van der Waals surface area contributed by atoms with Gasteiger partial charge in [-0.15, -0.1) is 0 Å². The molecule has 0 unspecified atom stereocenters. The fourth-order valence-electron chi connectivity index (χ4n) is 1.55. The van der Waals surface area contributed by atoms with Gasteiger partial charge in [-0.1, -0.05) is 32.0 Å². The predicted molar refractivity (Wildman–Crippen MR) is 68.1 cm³/mol. The Hall–Kier alpha value is -1.78. The van der Waals surface area contributed by atoms with Gasteiger partial charge in [0.05, 0.1) is 11.3 Å². The number of benzene rings is 1. The first-order chi connectivity index (χ1) is 8.38.